The van der Waals surface area contributed by atoms with Gasteiger partial charge in [-0.2, -0.15) is 0 Å². The number of aromatic nitrogens is 1. The van der Waals surface area contributed by atoms with E-state index in [2.05, 4.69) is 10.3 Å². The molecule has 1 heterocycles. The molecule has 0 saturated carbocycles. The van der Waals surface area contributed by atoms with E-state index in [1.165, 1.54) is 5.56 Å². The molecule has 0 aliphatic rings. The van der Waals surface area contributed by atoms with Crippen LogP contribution in [-0.2, 0) is 13.1 Å². The van der Waals surface area contributed by atoms with E-state index in [9.17, 15) is 5.11 Å². The smallest absolute Gasteiger partial charge is 0.160 e. The fraction of sp³-hybridized carbons (Fsp3) is 0.267. The fourth-order valence-corrected chi connectivity index (χ4v) is 1.86. The number of hydrogen-bond acceptors (Lipinski definition) is 4. The summed E-state index contributed by atoms with van der Waals surface area (Å²) in [6.07, 6.45) is 1.80. The van der Waals surface area contributed by atoms with Gasteiger partial charge in [-0.15, -0.1) is 0 Å². The molecule has 0 aliphatic carbocycles. The third-order valence-electron chi connectivity index (χ3n) is 2.98. The Morgan fingerprint density at radius 3 is 2.84 bits per heavy atom. The minimum atomic E-state index is 0.159. The quantitative estimate of drug-likeness (QED) is 0.864. The predicted molar refractivity (Wildman–Crippen MR) is 74.2 cm³/mol. The van der Waals surface area contributed by atoms with Crippen molar-refractivity contribution in [3.63, 3.8) is 0 Å². The number of hydrogen-bond donors (Lipinski definition) is 2. The lowest BCUT2D eigenvalue weighted by Gasteiger charge is -2.09. The zero-order chi connectivity index (χ0) is 13.7. The average Bonchev–Trinajstić information content (AvgIpc) is 2.43. The fourth-order valence-electron chi connectivity index (χ4n) is 1.86. The second kappa shape index (κ2) is 6.20. The lowest BCUT2D eigenvalue weighted by Crippen LogP contribution is -2.14. The molecule has 1 aromatic heterocycles. The van der Waals surface area contributed by atoms with E-state index in [1.54, 1.807) is 19.4 Å². The lowest BCUT2D eigenvalue weighted by molar-refractivity contribution is 0.372. The first-order chi connectivity index (χ1) is 9.20. The van der Waals surface area contributed by atoms with Gasteiger partial charge >= 0.3 is 0 Å². The van der Waals surface area contributed by atoms with Gasteiger partial charge in [0.1, 0.15) is 0 Å². The number of phenols is 1. The molecule has 0 spiro atoms. The third-order valence-corrected chi connectivity index (χ3v) is 2.98. The maximum absolute atomic E-state index is 9.52. The summed E-state index contributed by atoms with van der Waals surface area (Å²) < 4.78 is 5.08. The summed E-state index contributed by atoms with van der Waals surface area (Å²) in [7, 11) is 1.55. The van der Waals surface area contributed by atoms with Crippen LogP contribution < -0.4 is 10.1 Å². The first kappa shape index (κ1) is 13.4. The number of ether oxygens (including phenoxy) is 1. The molecule has 0 bridgehead atoms. The molecule has 0 unspecified atom stereocenters. The highest BCUT2D eigenvalue weighted by Crippen LogP contribution is 2.26. The summed E-state index contributed by atoms with van der Waals surface area (Å²) in [5.41, 5.74) is 3.29. The maximum Gasteiger partial charge on any atom is 0.160 e. The first-order valence-electron chi connectivity index (χ1n) is 6.18. The molecular weight excluding hydrogens is 240 g/mol. The summed E-state index contributed by atoms with van der Waals surface area (Å²) in [5, 5.41) is 12.8. The largest absolute Gasteiger partial charge is 0.504 e. The van der Waals surface area contributed by atoms with Crippen molar-refractivity contribution in [2.24, 2.45) is 0 Å². The minimum Gasteiger partial charge on any atom is -0.504 e. The lowest BCUT2D eigenvalue weighted by atomic mass is 10.2. The van der Waals surface area contributed by atoms with Gasteiger partial charge in [0, 0.05) is 19.3 Å². The normalized spacial score (nSPS) is 10.4. The van der Waals surface area contributed by atoms with Gasteiger partial charge in [0.2, 0.25) is 0 Å². The average molecular weight is 258 g/mol. The summed E-state index contributed by atoms with van der Waals surface area (Å²) in [6, 6.07) is 9.32. The Balaban J connectivity index is 1.94. The Hall–Kier alpha value is -2.07. The summed E-state index contributed by atoms with van der Waals surface area (Å²) >= 11 is 0. The van der Waals surface area contributed by atoms with Crippen molar-refractivity contribution >= 4 is 0 Å². The highest BCUT2D eigenvalue weighted by atomic mass is 16.5. The molecule has 1 aromatic carbocycles. The molecule has 19 heavy (non-hydrogen) atoms. The second-order valence-corrected chi connectivity index (χ2v) is 4.38. The van der Waals surface area contributed by atoms with Gasteiger partial charge < -0.3 is 15.2 Å². The minimum absolute atomic E-state index is 0.159. The molecule has 0 saturated heterocycles. The molecule has 0 radical (unpaired) electrons. The van der Waals surface area contributed by atoms with Crippen molar-refractivity contribution in [3.8, 4) is 11.5 Å². The number of aromatic hydroxyl groups is 1. The molecular formula is C15H18N2O2. The molecule has 100 valence electrons. The van der Waals surface area contributed by atoms with Gasteiger partial charge in [-0.1, -0.05) is 12.1 Å². The van der Waals surface area contributed by atoms with Crippen molar-refractivity contribution in [2.75, 3.05) is 7.11 Å². The molecule has 0 amide bonds. The van der Waals surface area contributed by atoms with Crippen LogP contribution in [-0.4, -0.2) is 17.2 Å². The van der Waals surface area contributed by atoms with Gasteiger partial charge in [-0.25, -0.2) is 0 Å². The molecule has 0 fully saturated rings. The van der Waals surface area contributed by atoms with Gasteiger partial charge in [-0.3, -0.25) is 4.98 Å². The second-order valence-electron chi connectivity index (χ2n) is 4.38. The van der Waals surface area contributed by atoms with Crippen LogP contribution in [0.1, 0.15) is 16.8 Å². The van der Waals surface area contributed by atoms with Gasteiger partial charge in [0.05, 0.1) is 12.8 Å². The number of pyridine rings is 1. The summed E-state index contributed by atoms with van der Waals surface area (Å²) in [4.78, 5) is 4.33. The predicted octanol–water partition coefficient (Wildman–Crippen LogP) is 2.39. The van der Waals surface area contributed by atoms with E-state index in [4.69, 9.17) is 4.74 Å². The van der Waals surface area contributed by atoms with Crippen molar-refractivity contribution in [1.29, 1.82) is 0 Å². The van der Waals surface area contributed by atoms with E-state index in [0.717, 1.165) is 17.8 Å². The van der Waals surface area contributed by atoms with Crippen molar-refractivity contribution in [3.05, 3.63) is 53.3 Å². The SMILES string of the molecule is COc1cc(CNCc2ncccc2C)ccc1O. The van der Waals surface area contributed by atoms with Crippen LogP contribution in [0.25, 0.3) is 0 Å². The number of nitrogens with one attached hydrogen (secondary N) is 1. The molecule has 2 N–H and O–H groups in total. The highest BCUT2D eigenvalue weighted by molar-refractivity contribution is 5.41. The van der Waals surface area contributed by atoms with Gasteiger partial charge in [0.25, 0.3) is 0 Å². The zero-order valence-electron chi connectivity index (χ0n) is 11.2. The van der Waals surface area contributed by atoms with Crippen LogP contribution in [0.3, 0.4) is 0 Å². The van der Waals surface area contributed by atoms with Crippen molar-refractivity contribution in [1.82, 2.24) is 10.3 Å². The van der Waals surface area contributed by atoms with Crippen LogP contribution in [0.15, 0.2) is 36.5 Å². The number of rotatable bonds is 5. The number of phenolic OH excluding ortho intramolecular Hbond substituents is 1. The number of benzene rings is 1. The zero-order valence-corrected chi connectivity index (χ0v) is 11.2. The van der Waals surface area contributed by atoms with Crippen LogP contribution in [0.2, 0.25) is 0 Å². The molecule has 0 atom stereocenters. The van der Waals surface area contributed by atoms with Gasteiger partial charge in [-0.05, 0) is 36.2 Å². The number of aryl methyl sites for hydroxylation is 1. The van der Waals surface area contributed by atoms with E-state index >= 15 is 0 Å². The molecule has 0 aliphatic heterocycles. The van der Waals surface area contributed by atoms with Gasteiger partial charge in [0.15, 0.2) is 11.5 Å². The Morgan fingerprint density at radius 1 is 1.26 bits per heavy atom. The van der Waals surface area contributed by atoms with E-state index < -0.39 is 0 Å². The Morgan fingerprint density at radius 2 is 2.11 bits per heavy atom. The summed E-state index contributed by atoms with van der Waals surface area (Å²) in [6.45, 7) is 3.47. The first-order valence-corrected chi connectivity index (χ1v) is 6.18. The Labute approximate surface area is 113 Å². The monoisotopic (exact) mass is 258 g/mol. The molecule has 2 aromatic rings. The Bertz CT molecular complexity index is 556. The molecule has 2 rings (SSSR count). The van der Waals surface area contributed by atoms with E-state index in [1.807, 2.05) is 31.2 Å². The molecule has 4 nitrogen and oxygen atoms in total. The van der Waals surface area contributed by atoms with Crippen LogP contribution in [0.4, 0.5) is 0 Å². The van der Waals surface area contributed by atoms with Crippen LogP contribution >= 0.6 is 0 Å². The Kier molecular flexibility index (Phi) is 4.36. The summed E-state index contributed by atoms with van der Waals surface area (Å²) in [5.74, 6) is 0.653. The number of nitrogens with zero attached hydrogens (tertiary/aromatic N) is 1. The maximum atomic E-state index is 9.52. The van der Waals surface area contributed by atoms with Crippen molar-refractivity contribution in [2.45, 2.75) is 20.0 Å². The van der Waals surface area contributed by atoms with E-state index in [-0.39, 0.29) is 5.75 Å². The molecule has 4 heteroatoms. The van der Waals surface area contributed by atoms with Crippen molar-refractivity contribution < 1.29 is 9.84 Å². The standard InChI is InChI=1S/C15H18N2O2/c1-11-4-3-7-17-13(11)10-16-9-12-5-6-14(18)15(8-12)19-2/h3-8,16,18H,9-10H2,1-2H3. The van der Waals surface area contributed by atoms with Crippen LogP contribution in [0, 0.1) is 6.92 Å². The van der Waals surface area contributed by atoms with Crippen LogP contribution in [0.5, 0.6) is 11.5 Å². The topological polar surface area (TPSA) is 54.4 Å². The van der Waals surface area contributed by atoms with E-state index in [0.29, 0.717) is 12.3 Å². The third kappa shape index (κ3) is 3.45. The number of methoxy groups -OCH3 is 1. The highest BCUT2D eigenvalue weighted by Gasteiger charge is 2.03.